The molecule has 1 aromatic rings. The first-order chi connectivity index (χ1) is 8.56. The topological polar surface area (TPSA) is 26.3 Å². The smallest absolute Gasteiger partial charge is 0.338 e. The van der Waals surface area contributed by atoms with Crippen LogP contribution in [0.15, 0.2) is 12.1 Å². The minimum Gasteiger partial charge on any atom is -0.462 e. The summed E-state index contributed by atoms with van der Waals surface area (Å²) >= 11 is 0. The summed E-state index contributed by atoms with van der Waals surface area (Å²) in [6.07, 6.45) is 3.72. The third-order valence-corrected chi connectivity index (χ3v) is 2.45. The average molecular weight is 260 g/mol. The molecule has 1 rings (SSSR count). The Morgan fingerprint density at radius 3 is 2.28 bits per heavy atom. The number of hydrogen-bond acceptors (Lipinski definition) is 2. The SMILES string of the molecule is CCCCCCOC(=O)c1cc(F)c(F)c(F)c1. The van der Waals surface area contributed by atoms with Crippen molar-refractivity contribution in [2.75, 3.05) is 6.61 Å². The van der Waals surface area contributed by atoms with Gasteiger partial charge in [-0.25, -0.2) is 18.0 Å². The van der Waals surface area contributed by atoms with E-state index in [0.29, 0.717) is 18.6 Å². The van der Waals surface area contributed by atoms with Gasteiger partial charge < -0.3 is 4.74 Å². The molecule has 0 aliphatic heterocycles. The highest BCUT2D eigenvalue weighted by atomic mass is 19.2. The Morgan fingerprint density at radius 1 is 1.11 bits per heavy atom. The van der Waals surface area contributed by atoms with E-state index >= 15 is 0 Å². The molecule has 18 heavy (non-hydrogen) atoms. The normalized spacial score (nSPS) is 10.4. The molecule has 0 aromatic heterocycles. The van der Waals surface area contributed by atoms with Gasteiger partial charge in [0.15, 0.2) is 17.5 Å². The van der Waals surface area contributed by atoms with Crippen molar-refractivity contribution in [2.24, 2.45) is 0 Å². The molecule has 0 atom stereocenters. The van der Waals surface area contributed by atoms with Crippen molar-refractivity contribution in [1.82, 2.24) is 0 Å². The van der Waals surface area contributed by atoms with Crippen molar-refractivity contribution < 1.29 is 22.7 Å². The predicted octanol–water partition coefficient (Wildman–Crippen LogP) is 3.84. The number of rotatable bonds is 6. The summed E-state index contributed by atoms with van der Waals surface area (Å²) in [5.74, 6) is -5.22. The molecule has 0 amide bonds. The minimum atomic E-state index is -1.59. The van der Waals surface area contributed by atoms with E-state index in [1.165, 1.54) is 0 Å². The van der Waals surface area contributed by atoms with Crippen LogP contribution in [0, 0.1) is 17.5 Å². The number of esters is 1. The molecule has 0 heterocycles. The monoisotopic (exact) mass is 260 g/mol. The van der Waals surface area contributed by atoms with E-state index in [0.717, 1.165) is 19.3 Å². The molecular weight excluding hydrogens is 245 g/mol. The summed E-state index contributed by atoms with van der Waals surface area (Å²) in [6, 6.07) is 1.26. The third kappa shape index (κ3) is 4.05. The van der Waals surface area contributed by atoms with Gasteiger partial charge in [-0.2, -0.15) is 0 Å². The number of unbranched alkanes of at least 4 members (excludes halogenated alkanes) is 3. The van der Waals surface area contributed by atoms with Gasteiger partial charge in [0, 0.05) is 0 Å². The fraction of sp³-hybridized carbons (Fsp3) is 0.462. The number of halogens is 3. The molecule has 0 spiro atoms. The van der Waals surface area contributed by atoms with Crippen LogP contribution in [-0.4, -0.2) is 12.6 Å². The van der Waals surface area contributed by atoms with Crippen LogP contribution < -0.4 is 0 Å². The average Bonchev–Trinajstić information content (AvgIpc) is 2.34. The predicted molar refractivity (Wildman–Crippen MR) is 60.7 cm³/mol. The fourth-order valence-electron chi connectivity index (χ4n) is 1.45. The first kappa shape index (κ1) is 14.5. The Hall–Kier alpha value is -1.52. The van der Waals surface area contributed by atoms with E-state index in [1.807, 2.05) is 0 Å². The summed E-state index contributed by atoms with van der Waals surface area (Å²) in [4.78, 5) is 11.4. The molecular formula is C13H15F3O2. The lowest BCUT2D eigenvalue weighted by molar-refractivity contribution is 0.0496. The van der Waals surface area contributed by atoms with Gasteiger partial charge in [0.1, 0.15) is 0 Å². The van der Waals surface area contributed by atoms with Gasteiger partial charge in [0.25, 0.3) is 0 Å². The number of benzene rings is 1. The van der Waals surface area contributed by atoms with E-state index < -0.39 is 23.4 Å². The second kappa shape index (κ2) is 7.03. The maximum atomic E-state index is 12.9. The van der Waals surface area contributed by atoms with Crippen molar-refractivity contribution in [3.05, 3.63) is 35.1 Å². The largest absolute Gasteiger partial charge is 0.462 e. The maximum Gasteiger partial charge on any atom is 0.338 e. The summed E-state index contributed by atoms with van der Waals surface area (Å²) in [5.41, 5.74) is -0.318. The Bertz CT molecular complexity index is 396. The molecule has 0 aliphatic rings. The molecule has 5 heteroatoms. The first-order valence-corrected chi connectivity index (χ1v) is 5.88. The molecule has 0 unspecified atom stereocenters. The lowest BCUT2D eigenvalue weighted by Gasteiger charge is -2.05. The number of ether oxygens (including phenoxy) is 1. The van der Waals surface area contributed by atoms with Gasteiger partial charge in [0.05, 0.1) is 12.2 Å². The molecule has 0 saturated carbocycles. The Morgan fingerprint density at radius 2 is 1.72 bits per heavy atom. The molecule has 0 fully saturated rings. The van der Waals surface area contributed by atoms with Gasteiger partial charge in [0.2, 0.25) is 0 Å². The second-order valence-corrected chi connectivity index (χ2v) is 3.95. The number of carbonyl (C=O) groups excluding carboxylic acids is 1. The second-order valence-electron chi connectivity index (χ2n) is 3.95. The zero-order valence-corrected chi connectivity index (χ0v) is 10.1. The van der Waals surface area contributed by atoms with Crippen molar-refractivity contribution in [3.63, 3.8) is 0 Å². The zero-order valence-electron chi connectivity index (χ0n) is 10.1. The van der Waals surface area contributed by atoms with Crippen LogP contribution in [0.4, 0.5) is 13.2 Å². The molecule has 2 nitrogen and oxygen atoms in total. The van der Waals surface area contributed by atoms with E-state index in [-0.39, 0.29) is 12.2 Å². The van der Waals surface area contributed by atoms with Crippen LogP contribution in [0.2, 0.25) is 0 Å². The van der Waals surface area contributed by atoms with Crippen molar-refractivity contribution in [3.8, 4) is 0 Å². The fourth-order valence-corrected chi connectivity index (χ4v) is 1.45. The van der Waals surface area contributed by atoms with Gasteiger partial charge >= 0.3 is 5.97 Å². The highest BCUT2D eigenvalue weighted by Gasteiger charge is 2.15. The van der Waals surface area contributed by atoms with Crippen LogP contribution in [0.3, 0.4) is 0 Å². The maximum absolute atomic E-state index is 12.9. The Labute approximate surface area is 104 Å². The van der Waals surface area contributed by atoms with Crippen LogP contribution >= 0.6 is 0 Å². The highest BCUT2D eigenvalue weighted by molar-refractivity contribution is 5.89. The summed E-state index contributed by atoms with van der Waals surface area (Å²) in [6.45, 7) is 2.25. The quantitative estimate of drug-likeness (QED) is 0.441. The van der Waals surface area contributed by atoms with Crippen LogP contribution in [0.5, 0.6) is 0 Å². The highest BCUT2D eigenvalue weighted by Crippen LogP contribution is 2.14. The van der Waals surface area contributed by atoms with Gasteiger partial charge in [-0.15, -0.1) is 0 Å². The third-order valence-electron chi connectivity index (χ3n) is 2.45. The van der Waals surface area contributed by atoms with Crippen LogP contribution in [-0.2, 0) is 4.74 Å². The van der Waals surface area contributed by atoms with Crippen molar-refractivity contribution in [1.29, 1.82) is 0 Å². The molecule has 0 bridgehead atoms. The molecule has 0 saturated heterocycles. The summed E-state index contributed by atoms with van der Waals surface area (Å²) in [5, 5.41) is 0. The first-order valence-electron chi connectivity index (χ1n) is 5.88. The minimum absolute atomic E-state index is 0.194. The van der Waals surface area contributed by atoms with E-state index in [4.69, 9.17) is 4.74 Å². The molecule has 0 aliphatic carbocycles. The van der Waals surface area contributed by atoms with Gasteiger partial charge in [-0.3, -0.25) is 0 Å². The zero-order chi connectivity index (χ0) is 13.5. The van der Waals surface area contributed by atoms with Crippen molar-refractivity contribution >= 4 is 5.97 Å². The lowest BCUT2D eigenvalue weighted by atomic mass is 10.2. The molecule has 0 N–H and O–H groups in total. The summed E-state index contributed by atoms with van der Waals surface area (Å²) in [7, 11) is 0. The Balaban J connectivity index is 2.52. The molecule has 100 valence electrons. The number of hydrogen-bond donors (Lipinski definition) is 0. The standard InChI is InChI=1S/C13H15F3O2/c1-2-3-4-5-6-18-13(17)9-7-10(14)12(16)11(15)8-9/h7-8H,2-6H2,1H3. The van der Waals surface area contributed by atoms with E-state index in [1.54, 1.807) is 0 Å². The van der Waals surface area contributed by atoms with Gasteiger partial charge in [-0.1, -0.05) is 26.2 Å². The van der Waals surface area contributed by atoms with Crippen LogP contribution in [0.25, 0.3) is 0 Å². The molecule has 1 aromatic carbocycles. The summed E-state index contributed by atoms with van der Waals surface area (Å²) < 4.78 is 43.2. The van der Waals surface area contributed by atoms with E-state index in [2.05, 4.69) is 6.92 Å². The van der Waals surface area contributed by atoms with Gasteiger partial charge in [-0.05, 0) is 18.6 Å². The molecule has 0 radical (unpaired) electrons. The Kier molecular flexibility index (Phi) is 5.68. The lowest BCUT2D eigenvalue weighted by Crippen LogP contribution is -2.08. The van der Waals surface area contributed by atoms with E-state index in [9.17, 15) is 18.0 Å². The van der Waals surface area contributed by atoms with Crippen LogP contribution in [0.1, 0.15) is 43.0 Å². The number of carbonyl (C=O) groups is 1. The van der Waals surface area contributed by atoms with Crippen molar-refractivity contribution in [2.45, 2.75) is 32.6 Å².